The lowest BCUT2D eigenvalue weighted by molar-refractivity contribution is 1.13. The number of alkyl halides is 1. The zero-order valence-corrected chi connectivity index (χ0v) is 16.3. The van der Waals surface area contributed by atoms with Gasteiger partial charge in [0.05, 0.1) is 15.2 Å². The zero-order chi connectivity index (χ0) is 16.2. The van der Waals surface area contributed by atoms with Crippen LogP contribution in [0.4, 0.5) is 5.69 Å². The summed E-state index contributed by atoms with van der Waals surface area (Å²) in [6, 6.07) is 15.0. The highest BCUT2D eigenvalue weighted by Gasteiger charge is 2.06. The number of thiazole rings is 1. The van der Waals surface area contributed by atoms with Gasteiger partial charge in [-0.15, -0.1) is 11.3 Å². The molecule has 2 aromatic carbocycles. The number of fused-ring (bicyclic) bond motifs is 1. The van der Waals surface area contributed by atoms with E-state index in [1.807, 2.05) is 11.3 Å². The molecule has 1 heterocycles. The van der Waals surface area contributed by atoms with E-state index in [0.717, 1.165) is 16.4 Å². The molecule has 0 N–H and O–H groups in total. The normalized spacial score (nSPS) is 11.4. The first-order chi connectivity index (χ1) is 11.2. The number of anilines is 1. The largest absolute Gasteiger partial charge is 0.378 e. The van der Waals surface area contributed by atoms with Crippen LogP contribution in [0.15, 0.2) is 42.5 Å². The van der Waals surface area contributed by atoms with Gasteiger partial charge in [0, 0.05) is 36.2 Å². The monoisotopic (exact) mass is 434 g/mol. The molecule has 1 aromatic heterocycles. The van der Waals surface area contributed by atoms with Gasteiger partial charge in [-0.05, 0) is 23.8 Å². The van der Waals surface area contributed by atoms with E-state index in [1.54, 1.807) is 0 Å². The molecule has 118 valence electrons. The van der Waals surface area contributed by atoms with E-state index in [9.17, 15) is 0 Å². The fraction of sp³-hybridized carbons (Fsp3) is 0.211. The van der Waals surface area contributed by atoms with Crippen molar-refractivity contribution in [3.05, 3.63) is 58.6 Å². The highest BCUT2D eigenvalue weighted by atomic mass is 127. The highest BCUT2D eigenvalue weighted by molar-refractivity contribution is 14.1. The van der Waals surface area contributed by atoms with E-state index in [4.69, 9.17) is 4.98 Å². The number of aryl methyl sites for hydroxylation is 1. The van der Waals surface area contributed by atoms with Crippen molar-refractivity contribution in [2.75, 3.05) is 23.4 Å². The van der Waals surface area contributed by atoms with E-state index in [-0.39, 0.29) is 0 Å². The van der Waals surface area contributed by atoms with Gasteiger partial charge in [-0.3, -0.25) is 0 Å². The van der Waals surface area contributed by atoms with Gasteiger partial charge >= 0.3 is 0 Å². The van der Waals surface area contributed by atoms with Gasteiger partial charge in [0.15, 0.2) is 0 Å². The average Bonchev–Trinajstić information content (AvgIpc) is 2.96. The Morgan fingerprint density at radius 3 is 2.57 bits per heavy atom. The Kier molecular flexibility index (Phi) is 5.33. The molecule has 0 bridgehead atoms. The van der Waals surface area contributed by atoms with Crippen LogP contribution >= 0.6 is 33.9 Å². The second kappa shape index (κ2) is 7.45. The number of hydrogen-bond acceptors (Lipinski definition) is 3. The number of halogens is 1. The predicted octanol–water partition coefficient (Wildman–Crippen LogP) is 5.51. The van der Waals surface area contributed by atoms with Crippen molar-refractivity contribution in [2.24, 2.45) is 0 Å². The molecule has 0 aliphatic rings. The van der Waals surface area contributed by atoms with Gasteiger partial charge in [0.1, 0.15) is 0 Å². The molecule has 0 radical (unpaired) electrons. The van der Waals surface area contributed by atoms with Crippen LogP contribution in [-0.4, -0.2) is 23.5 Å². The Labute approximate surface area is 155 Å². The van der Waals surface area contributed by atoms with Gasteiger partial charge in [0.2, 0.25) is 0 Å². The highest BCUT2D eigenvalue weighted by Crippen LogP contribution is 2.27. The van der Waals surface area contributed by atoms with E-state index >= 15 is 0 Å². The molecule has 3 rings (SSSR count). The lowest BCUT2D eigenvalue weighted by Crippen LogP contribution is -2.07. The van der Waals surface area contributed by atoms with E-state index in [2.05, 4.69) is 96.2 Å². The number of hydrogen-bond donors (Lipinski definition) is 0. The number of benzene rings is 2. The number of nitrogens with zero attached hydrogens (tertiary/aromatic N) is 2. The lowest BCUT2D eigenvalue weighted by Gasteiger charge is -2.11. The molecule has 0 aliphatic carbocycles. The molecule has 0 fully saturated rings. The van der Waals surface area contributed by atoms with E-state index in [0.29, 0.717) is 0 Å². The van der Waals surface area contributed by atoms with Crippen molar-refractivity contribution >= 4 is 62.0 Å². The van der Waals surface area contributed by atoms with Crippen molar-refractivity contribution in [1.29, 1.82) is 0 Å². The second-order valence-corrected chi connectivity index (χ2v) is 7.75. The van der Waals surface area contributed by atoms with Gasteiger partial charge in [-0.1, -0.05) is 59.0 Å². The summed E-state index contributed by atoms with van der Waals surface area (Å²) in [6.07, 6.45) is 5.38. The molecule has 4 heteroatoms. The minimum absolute atomic E-state index is 1.05. The van der Waals surface area contributed by atoms with Gasteiger partial charge in [0.25, 0.3) is 0 Å². The van der Waals surface area contributed by atoms with Gasteiger partial charge in [-0.2, -0.15) is 0 Å². The van der Waals surface area contributed by atoms with Crippen LogP contribution in [0.2, 0.25) is 0 Å². The maximum atomic E-state index is 4.81. The Morgan fingerprint density at radius 1 is 1.09 bits per heavy atom. The lowest BCUT2D eigenvalue weighted by atomic mass is 10.1. The van der Waals surface area contributed by atoms with Crippen molar-refractivity contribution in [2.45, 2.75) is 6.42 Å². The smallest absolute Gasteiger partial charge is 0.0946 e. The van der Waals surface area contributed by atoms with Crippen LogP contribution in [0.3, 0.4) is 0 Å². The molecule has 2 nitrogen and oxygen atoms in total. The third-order valence-electron chi connectivity index (χ3n) is 3.67. The van der Waals surface area contributed by atoms with E-state index < -0.39 is 0 Å². The fourth-order valence-electron chi connectivity index (χ4n) is 2.41. The maximum absolute atomic E-state index is 4.81. The standard InChI is InChI=1S/C19H19IN2S/c1-22(2)16-10-7-14(8-11-16)6-9-15-4-3-5-17-19(15)21-18(23-17)12-13-20/h3-11H,12-13H2,1-2H3/b9-6+. The summed E-state index contributed by atoms with van der Waals surface area (Å²) >= 11 is 4.21. The third-order valence-corrected chi connectivity index (χ3v) is 5.29. The first-order valence-electron chi connectivity index (χ1n) is 7.57. The molecule has 0 atom stereocenters. The van der Waals surface area contributed by atoms with Crippen molar-refractivity contribution in [3.63, 3.8) is 0 Å². The summed E-state index contributed by atoms with van der Waals surface area (Å²) in [7, 11) is 4.11. The van der Waals surface area contributed by atoms with Gasteiger partial charge in [-0.25, -0.2) is 4.98 Å². The predicted molar refractivity (Wildman–Crippen MR) is 112 cm³/mol. The quantitative estimate of drug-likeness (QED) is 0.299. The minimum Gasteiger partial charge on any atom is -0.378 e. The average molecular weight is 434 g/mol. The number of aromatic nitrogens is 1. The van der Waals surface area contributed by atoms with Crippen LogP contribution < -0.4 is 4.90 Å². The third kappa shape index (κ3) is 3.93. The second-order valence-electron chi connectivity index (χ2n) is 5.56. The number of rotatable bonds is 5. The van der Waals surface area contributed by atoms with Gasteiger partial charge < -0.3 is 4.90 Å². The first-order valence-corrected chi connectivity index (χ1v) is 9.91. The zero-order valence-electron chi connectivity index (χ0n) is 13.3. The SMILES string of the molecule is CN(C)c1ccc(/C=C/c2cccc3sc(CCI)nc23)cc1. The molecule has 0 aliphatic heterocycles. The molecule has 0 saturated heterocycles. The summed E-state index contributed by atoms with van der Waals surface area (Å²) in [5.41, 5.74) is 4.73. The molecule has 0 amide bonds. The van der Waals surface area contributed by atoms with Crippen LogP contribution in [0.5, 0.6) is 0 Å². The summed E-state index contributed by atoms with van der Waals surface area (Å²) in [6.45, 7) is 0. The van der Waals surface area contributed by atoms with Crippen molar-refractivity contribution < 1.29 is 0 Å². The fourth-order valence-corrected chi connectivity index (χ4v) is 4.29. The summed E-state index contributed by atoms with van der Waals surface area (Å²) in [5, 5.41) is 1.23. The molecule has 23 heavy (non-hydrogen) atoms. The van der Waals surface area contributed by atoms with Crippen molar-refractivity contribution in [3.8, 4) is 0 Å². The van der Waals surface area contributed by atoms with Crippen molar-refractivity contribution in [1.82, 2.24) is 4.98 Å². The van der Waals surface area contributed by atoms with Crippen LogP contribution in [0, 0.1) is 0 Å². The summed E-state index contributed by atoms with van der Waals surface area (Å²) < 4.78 is 2.39. The summed E-state index contributed by atoms with van der Waals surface area (Å²) in [5.74, 6) is 0. The minimum atomic E-state index is 1.05. The molecular formula is C19H19IN2S. The Morgan fingerprint density at radius 2 is 1.87 bits per heavy atom. The van der Waals surface area contributed by atoms with E-state index in [1.165, 1.54) is 26.5 Å². The first kappa shape index (κ1) is 16.5. The van der Waals surface area contributed by atoms with Crippen LogP contribution in [0.25, 0.3) is 22.4 Å². The molecule has 0 saturated carbocycles. The molecule has 0 unspecified atom stereocenters. The Hall–Kier alpha value is -1.40. The number of para-hydroxylation sites is 1. The topological polar surface area (TPSA) is 16.1 Å². The molecular weight excluding hydrogens is 415 g/mol. The Balaban J connectivity index is 1.88. The van der Waals surface area contributed by atoms with Crippen LogP contribution in [0.1, 0.15) is 16.1 Å². The maximum Gasteiger partial charge on any atom is 0.0946 e. The molecule has 3 aromatic rings. The summed E-state index contributed by atoms with van der Waals surface area (Å²) in [4.78, 5) is 6.92. The molecule has 0 spiro atoms. The van der Waals surface area contributed by atoms with Crippen LogP contribution in [-0.2, 0) is 6.42 Å². The Bertz CT molecular complexity index is 819.